The summed E-state index contributed by atoms with van der Waals surface area (Å²) in [4.78, 5) is 24.4. The number of pyridine rings is 1. The van der Waals surface area contributed by atoms with Crippen LogP contribution in [0, 0.1) is 5.92 Å². The van der Waals surface area contributed by atoms with Gasteiger partial charge >= 0.3 is 0 Å². The molecule has 1 aliphatic carbocycles. The Balaban J connectivity index is 1.41. The number of aromatic amines is 1. The zero-order chi connectivity index (χ0) is 18.9. The summed E-state index contributed by atoms with van der Waals surface area (Å²) in [7, 11) is 0. The van der Waals surface area contributed by atoms with Crippen LogP contribution < -0.4 is 10.6 Å². The smallest absolute Gasteiger partial charge is 0.276 e. The highest BCUT2D eigenvalue weighted by Gasteiger charge is 2.24. The molecule has 6 nitrogen and oxygen atoms in total. The second-order valence-electron chi connectivity index (χ2n) is 7.41. The number of aliphatic imine (C=N–C) groups is 1. The first-order valence-corrected chi connectivity index (χ1v) is 9.60. The Kier molecular flexibility index (Phi) is 4.16. The summed E-state index contributed by atoms with van der Waals surface area (Å²) >= 11 is 0. The number of nitrogens with one attached hydrogen (secondary N) is 3. The Morgan fingerprint density at radius 1 is 1.18 bits per heavy atom. The second-order valence-corrected chi connectivity index (χ2v) is 7.41. The Bertz CT molecular complexity index is 1090. The lowest BCUT2D eigenvalue weighted by molar-refractivity contribution is -0.115. The van der Waals surface area contributed by atoms with E-state index in [4.69, 9.17) is 0 Å². The molecular formula is C22H21N5O. The molecular weight excluding hydrogens is 350 g/mol. The van der Waals surface area contributed by atoms with Gasteiger partial charge in [-0.1, -0.05) is 30.3 Å². The summed E-state index contributed by atoms with van der Waals surface area (Å²) in [5, 5.41) is 7.00. The minimum atomic E-state index is -0.180. The van der Waals surface area contributed by atoms with E-state index >= 15 is 0 Å². The first-order chi connectivity index (χ1) is 13.7. The Hall–Kier alpha value is -3.41. The van der Waals surface area contributed by atoms with Gasteiger partial charge in [0.15, 0.2) is 0 Å². The number of hydrogen-bond donors (Lipinski definition) is 3. The van der Waals surface area contributed by atoms with Crippen LogP contribution >= 0.6 is 0 Å². The molecule has 3 heterocycles. The monoisotopic (exact) mass is 371 g/mol. The van der Waals surface area contributed by atoms with E-state index in [1.54, 1.807) is 0 Å². The molecule has 0 saturated heterocycles. The summed E-state index contributed by atoms with van der Waals surface area (Å²) < 4.78 is 0. The normalized spacial score (nSPS) is 17.8. The molecule has 3 aromatic rings. The number of amides is 1. The van der Waals surface area contributed by atoms with Crippen molar-refractivity contribution >= 4 is 29.0 Å². The van der Waals surface area contributed by atoms with Gasteiger partial charge in [-0.05, 0) is 48.4 Å². The Labute approximate surface area is 162 Å². The van der Waals surface area contributed by atoms with Gasteiger partial charge in [-0.25, -0.2) is 9.98 Å². The lowest BCUT2D eigenvalue weighted by Crippen LogP contribution is -2.37. The van der Waals surface area contributed by atoms with Gasteiger partial charge in [0, 0.05) is 29.9 Å². The van der Waals surface area contributed by atoms with Crippen molar-refractivity contribution in [1.29, 1.82) is 0 Å². The summed E-state index contributed by atoms with van der Waals surface area (Å²) in [5.74, 6) is 1.09. The molecule has 1 aliphatic heterocycles. The number of benzene rings is 1. The molecule has 0 unspecified atom stereocenters. The number of guanidine groups is 1. The quantitative estimate of drug-likeness (QED) is 0.603. The van der Waals surface area contributed by atoms with Crippen molar-refractivity contribution in [2.45, 2.75) is 19.3 Å². The highest BCUT2D eigenvalue weighted by Crippen LogP contribution is 2.27. The van der Waals surface area contributed by atoms with Crippen LogP contribution in [-0.4, -0.2) is 28.4 Å². The van der Waals surface area contributed by atoms with Crippen molar-refractivity contribution in [2.75, 3.05) is 6.54 Å². The molecule has 0 spiro atoms. The minimum absolute atomic E-state index is 0.180. The van der Waals surface area contributed by atoms with Gasteiger partial charge in [0.2, 0.25) is 5.96 Å². The van der Waals surface area contributed by atoms with Crippen LogP contribution in [0.3, 0.4) is 0 Å². The molecule has 1 amide bonds. The number of carbonyl (C=O) groups is 1. The molecule has 5 rings (SSSR count). The summed E-state index contributed by atoms with van der Waals surface area (Å²) in [5.41, 5.74) is 4.50. The van der Waals surface area contributed by atoms with Gasteiger partial charge in [0.1, 0.15) is 11.3 Å². The number of carbonyl (C=O) groups excluding carboxylic acids is 1. The van der Waals surface area contributed by atoms with E-state index in [9.17, 15) is 4.79 Å². The molecule has 0 bridgehead atoms. The van der Waals surface area contributed by atoms with Crippen molar-refractivity contribution in [3.05, 3.63) is 71.2 Å². The predicted molar refractivity (Wildman–Crippen MR) is 110 cm³/mol. The van der Waals surface area contributed by atoms with Gasteiger partial charge in [0.25, 0.3) is 5.91 Å². The van der Waals surface area contributed by atoms with Crippen LogP contribution in [0.4, 0.5) is 0 Å². The fraction of sp³-hybridized carbons (Fsp3) is 0.227. The largest absolute Gasteiger partial charge is 0.355 e. The third kappa shape index (κ3) is 3.53. The molecule has 2 aliphatic rings. The number of aromatic nitrogens is 2. The molecule has 0 atom stereocenters. The lowest BCUT2D eigenvalue weighted by atomic mass is 10.0. The van der Waals surface area contributed by atoms with Crippen LogP contribution in [0.2, 0.25) is 0 Å². The first kappa shape index (κ1) is 16.7. The maximum Gasteiger partial charge on any atom is 0.276 e. The minimum Gasteiger partial charge on any atom is -0.355 e. The lowest BCUT2D eigenvalue weighted by Gasteiger charge is -2.02. The number of nitrogens with zero attached hydrogens (tertiary/aromatic N) is 2. The Morgan fingerprint density at radius 2 is 2.04 bits per heavy atom. The van der Waals surface area contributed by atoms with Crippen LogP contribution in [0.1, 0.15) is 29.5 Å². The van der Waals surface area contributed by atoms with Crippen LogP contribution in [0.15, 0.2) is 59.5 Å². The average Bonchev–Trinajstić information content (AvgIpc) is 3.37. The zero-order valence-corrected chi connectivity index (χ0v) is 15.4. The van der Waals surface area contributed by atoms with Crippen LogP contribution in [0.5, 0.6) is 0 Å². The zero-order valence-electron chi connectivity index (χ0n) is 15.4. The number of fused-ring (bicyclic) bond motifs is 1. The van der Waals surface area contributed by atoms with E-state index in [1.807, 2.05) is 36.7 Å². The SMILES string of the molecule is O=C1NC(NCC2CC2)=NC1=Cc1c[nH]c2ncc(Cc3ccccc3)cc12. The standard InChI is InChI=1S/C22H21N5O/c28-21-19(26-22(27-21)25-11-15-6-7-15)10-17-13-24-20-18(17)9-16(12-23-20)8-14-4-2-1-3-5-14/h1-5,9-10,12-13,15H,6-8,11H2,(H,23,24)(H2,25,26,27,28). The fourth-order valence-electron chi connectivity index (χ4n) is 3.38. The molecule has 140 valence electrons. The topological polar surface area (TPSA) is 82.2 Å². The number of H-pyrrole nitrogens is 1. The first-order valence-electron chi connectivity index (χ1n) is 9.60. The Morgan fingerprint density at radius 3 is 2.86 bits per heavy atom. The van der Waals surface area contributed by atoms with Gasteiger partial charge in [-0.15, -0.1) is 0 Å². The van der Waals surface area contributed by atoms with E-state index < -0.39 is 0 Å². The maximum absolute atomic E-state index is 12.3. The maximum atomic E-state index is 12.3. The number of rotatable bonds is 5. The van der Waals surface area contributed by atoms with Crippen molar-refractivity contribution in [3.8, 4) is 0 Å². The summed E-state index contributed by atoms with van der Waals surface area (Å²) in [6.07, 6.45) is 8.90. The predicted octanol–water partition coefficient (Wildman–Crippen LogP) is 2.98. The van der Waals surface area contributed by atoms with E-state index in [1.165, 1.54) is 18.4 Å². The average molecular weight is 371 g/mol. The number of hydrogen-bond acceptors (Lipinski definition) is 4. The fourth-order valence-corrected chi connectivity index (χ4v) is 3.38. The van der Waals surface area contributed by atoms with Gasteiger partial charge < -0.3 is 10.3 Å². The van der Waals surface area contributed by atoms with Gasteiger partial charge in [0.05, 0.1) is 0 Å². The van der Waals surface area contributed by atoms with E-state index in [0.29, 0.717) is 11.7 Å². The molecule has 1 fully saturated rings. The highest BCUT2D eigenvalue weighted by molar-refractivity contribution is 6.14. The summed E-state index contributed by atoms with van der Waals surface area (Å²) in [6, 6.07) is 12.4. The molecule has 0 radical (unpaired) electrons. The van der Waals surface area contributed by atoms with Gasteiger partial charge in [-0.2, -0.15) is 0 Å². The molecule has 6 heteroatoms. The third-order valence-corrected chi connectivity index (χ3v) is 5.11. The third-order valence-electron chi connectivity index (χ3n) is 5.11. The molecule has 1 aromatic carbocycles. The van der Waals surface area contributed by atoms with E-state index in [2.05, 4.69) is 43.8 Å². The highest BCUT2D eigenvalue weighted by atomic mass is 16.2. The van der Waals surface area contributed by atoms with E-state index in [0.717, 1.165) is 41.0 Å². The second kappa shape index (κ2) is 6.96. The van der Waals surface area contributed by atoms with Crippen LogP contribution in [-0.2, 0) is 11.2 Å². The van der Waals surface area contributed by atoms with Crippen molar-refractivity contribution in [2.24, 2.45) is 10.9 Å². The van der Waals surface area contributed by atoms with Crippen LogP contribution in [0.25, 0.3) is 17.1 Å². The van der Waals surface area contributed by atoms with Crippen molar-refractivity contribution < 1.29 is 4.79 Å². The summed E-state index contributed by atoms with van der Waals surface area (Å²) in [6.45, 7) is 0.867. The van der Waals surface area contributed by atoms with Gasteiger partial charge in [-0.3, -0.25) is 10.1 Å². The molecule has 2 aromatic heterocycles. The molecule has 1 saturated carbocycles. The van der Waals surface area contributed by atoms with Crippen molar-refractivity contribution in [1.82, 2.24) is 20.6 Å². The van der Waals surface area contributed by atoms with E-state index in [-0.39, 0.29) is 5.91 Å². The molecule has 28 heavy (non-hydrogen) atoms. The molecule has 3 N–H and O–H groups in total. The van der Waals surface area contributed by atoms with Crippen molar-refractivity contribution in [3.63, 3.8) is 0 Å².